The van der Waals surface area contributed by atoms with Gasteiger partial charge in [-0.1, -0.05) is 24.6 Å². The number of nitrogens with one attached hydrogen (secondary N) is 1. The molecule has 1 fully saturated rings. The van der Waals surface area contributed by atoms with Crippen LogP contribution >= 0.6 is 11.6 Å². The molecule has 0 saturated carbocycles. The summed E-state index contributed by atoms with van der Waals surface area (Å²) < 4.78 is 32.6. The number of amides is 1. The summed E-state index contributed by atoms with van der Waals surface area (Å²) in [4.78, 5) is 12.8. The Morgan fingerprint density at radius 1 is 1.18 bits per heavy atom. The van der Waals surface area contributed by atoms with Crippen LogP contribution in [0, 0.1) is 5.92 Å². The van der Waals surface area contributed by atoms with E-state index >= 15 is 0 Å². The smallest absolute Gasteiger partial charge is 0.255 e. The van der Waals surface area contributed by atoms with E-state index in [0.29, 0.717) is 35.5 Å². The molecule has 0 aromatic heterocycles. The molecule has 1 saturated heterocycles. The van der Waals surface area contributed by atoms with E-state index in [1.165, 1.54) is 23.5 Å². The van der Waals surface area contributed by atoms with Gasteiger partial charge < -0.3 is 10.1 Å². The van der Waals surface area contributed by atoms with Gasteiger partial charge in [0.05, 0.1) is 17.7 Å². The largest absolute Gasteiger partial charge is 0.495 e. The molecule has 1 aliphatic heterocycles. The molecule has 3 rings (SSSR count). The van der Waals surface area contributed by atoms with Gasteiger partial charge in [-0.15, -0.1) is 0 Å². The van der Waals surface area contributed by atoms with Gasteiger partial charge in [-0.25, -0.2) is 8.42 Å². The van der Waals surface area contributed by atoms with E-state index < -0.39 is 15.9 Å². The molecule has 0 atom stereocenters. The van der Waals surface area contributed by atoms with Gasteiger partial charge in [0.25, 0.3) is 5.91 Å². The van der Waals surface area contributed by atoms with Gasteiger partial charge in [0, 0.05) is 23.7 Å². The maximum atomic E-state index is 12.9. The van der Waals surface area contributed by atoms with Crippen LogP contribution in [0.5, 0.6) is 5.75 Å². The van der Waals surface area contributed by atoms with Gasteiger partial charge in [-0.3, -0.25) is 4.79 Å². The van der Waals surface area contributed by atoms with E-state index in [2.05, 4.69) is 12.2 Å². The molecule has 2 aromatic carbocycles. The molecule has 1 N–H and O–H groups in total. The lowest BCUT2D eigenvalue weighted by molar-refractivity contribution is 0.102. The molecule has 8 heteroatoms. The number of methoxy groups -OCH3 is 1. The molecular formula is C20H23ClN2O4S. The molecule has 28 heavy (non-hydrogen) atoms. The molecule has 0 radical (unpaired) electrons. The Bertz CT molecular complexity index is 970. The summed E-state index contributed by atoms with van der Waals surface area (Å²) in [5, 5.41) is 3.18. The molecule has 0 aliphatic carbocycles. The van der Waals surface area contributed by atoms with Crippen LogP contribution in [-0.2, 0) is 10.0 Å². The molecule has 1 amide bonds. The second kappa shape index (κ2) is 8.51. The lowest BCUT2D eigenvalue weighted by atomic mass is 10.0. The second-order valence-electron chi connectivity index (χ2n) is 6.91. The zero-order valence-corrected chi connectivity index (χ0v) is 17.4. The van der Waals surface area contributed by atoms with Gasteiger partial charge in [0.1, 0.15) is 5.75 Å². The number of nitrogens with zero attached hydrogens (tertiary/aromatic N) is 1. The fourth-order valence-electron chi connectivity index (χ4n) is 3.14. The first-order valence-corrected chi connectivity index (χ1v) is 10.9. The molecule has 0 unspecified atom stereocenters. The number of rotatable bonds is 5. The van der Waals surface area contributed by atoms with Crippen molar-refractivity contribution in [3.8, 4) is 5.75 Å². The molecule has 0 spiro atoms. The number of sulfonamides is 1. The number of carbonyl (C=O) groups excluding carboxylic acids is 1. The number of hydrogen-bond donors (Lipinski definition) is 1. The van der Waals surface area contributed by atoms with E-state index in [0.717, 1.165) is 12.8 Å². The van der Waals surface area contributed by atoms with Crippen LogP contribution in [0.3, 0.4) is 0 Å². The lowest BCUT2D eigenvalue weighted by Gasteiger charge is -2.29. The van der Waals surface area contributed by atoms with Crippen molar-refractivity contribution < 1.29 is 17.9 Å². The van der Waals surface area contributed by atoms with Crippen molar-refractivity contribution in [2.45, 2.75) is 24.7 Å². The fourth-order valence-corrected chi connectivity index (χ4v) is 4.83. The van der Waals surface area contributed by atoms with Crippen molar-refractivity contribution in [3.63, 3.8) is 0 Å². The van der Waals surface area contributed by atoms with Crippen molar-refractivity contribution in [1.82, 2.24) is 4.31 Å². The third kappa shape index (κ3) is 4.48. The first kappa shape index (κ1) is 20.6. The summed E-state index contributed by atoms with van der Waals surface area (Å²) in [6.07, 6.45) is 1.68. The van der Waals surface area contributed by atoms with Crippen LogP contribution in [0.1, 0.15) is 30.1 Å². The highest BCUT2D eigenvalue weighted by Crippen LogP contribution is 2.29. The molecular weight excluding hydrogens is 400 g/mol. The molecule has 6 nitrogen and oxygen atoms in total. The minimum absolute atomic E-state index is 0.118. The van der Waals surface area contributed by atoms with Crippen molar-refractivity contribution in [1.29, 1.82) is 0 Å². The van der Waals surface area contributed by atoms with Gasteiger partial charge in [0.15, 0.2) is 0 Å². The van der Waals surface area contributed by atoms with E-state index in [4.69, 9.17) is 16.3 Å². The Balaban J connectivity index is 1.83. The van der Waals surface area contributed by atoms with Gasteiger partial charge in [-0.05, 0) is 55.2 Å². The SMILES string of the molecule is COc1ccc(Cl)cc1NC(=O)c1cccc(S(=O)(=O)N2CCC(C)CC2)c1. The average Bonchev–Trinajstić information content (AvgIpc) is 2.68. The predicted octanol–water partition coefficient (Wildman–Crippen LogP) is 4.02. The maximum Gasteiger partial charge on any atom is 0.255 e. The highest BCUT2D eigenvalue weighted by atomic mass is 35.5. The number of benzene rings is 2. The Morgan fingerprint density at radius 2 is 1.89 bits per heavy atom. The normalized spacial score (nSPS) is 16.0. The number of halogens is 1. The van der Waals surface area contributed by atoms with Gasteiger partial charge >= 0.3 is 0 Å². The van der Waals surface area contributed by atoms with Crippen LogP contribution in [0.4, 0.5) is 5.69 Å². The number of piperidine rings is 1. The summed E-state index contributed by atoms with van der Waals surface area (Å²) >= 11 is 5.99. The molecule has 1 heterocycles. The van der Waals surface area contributed by atoms with E-state index in [1.54, 1.807) is 30.3 Å². The van der Waals surface area contributed by atoms with Gasteiger partial charge in [-0.2, -0.15) is 4.31 Å². The second-order valence-corrected chi connectivity index (χ2v) is 9.29. The van der Waals surface area contributed by atoms with Crippen LogP contribution in [0.25, 0.3) is 0 Å². The lowest BCUT2D eigenvalue weighted by Crippen LogP contribution is -2.37. The average molecular weight is 423 g/mol. The number of hydrogen-bond acceptors (Lipinski definition) is 4. The summed E-state index contributed by atoms with van der Waals surface area (Å²) in [5.41, 5.74) is 0.659. The minimum Gasteiger partial charge on any atom is -0.495 e. The molecule has 2 aromatic rings. The zero-order chi connectivity index (χ0) is 20.3. The molecule has 150 valence electrons. The Morgan fingerprint density at radius 3 is 2.57 bits per heavy atom. The molecule has 0 bridgehead atoms. The number of anilines is 1. The zero-order valence-electron chi connectivity index (χ0n) is 15.8. The predicted molar refractivity (Wildman–Crippen MR) is 110 cm³/mol. The Kier molecular flexibility index (Phi) is 6.27. The van der Waals surface area contributed by atoms with Crippen molar-refractivity contribution in [2.75, 3.05) is 25.5 Å². The monoisotopic (exact) mass is 422 g/mol. The number of carbonyl (C=O) groups is 1. The van der Waals surface area contributed by atoms with Crippen LogP contribution in [-0.4, -0.2) is 38.8 Å². The van der Waals surface area contributed by atoms with Crippen LogP contribution in [0.15, 0.2) is 47.4 Å². The molecule has 1 aliphatic rings. The first-order valence-electron chi connectivity index (χ1n) is 9.06. The quantitative estimate of drug-likeness (QED) is 0.789. The third-order valence-electron chi connectivity index (χ3n) is 4.89. The van der Waals surface area contributed by atoms with Crippen LogP contribution in [0.2, 0.25) is 5.02 Å². The fraction of sp³-hybridized carbons (Fsp3) is 0.350. The van der Waals surface area contributed by atoms with Crippen molar-refractivity contribution in [3.05, 3.63) is 53.1 Å². The topological polar surface area (TPSA) is 75.7 Å². The standard InChI is InChI=1S/C20H23ClN2O4S/c1-14-8-10-23(11-9-14)28(25,26)17-5-3-4-15(12-17)20(24)22-18-13-16(21)6-7-19(18)27-2/h3-7,12-14H,8-11H2,1-2H3,(H,22,24). The summed E-state index contributed by atoms with van der Waals surface area (Å²) in [6, 6.07) is 10.9. The first-order chi connectivity index (χ1) is 13.3. The highest BCUT2D eigenvalue weighted by molar-refractivity contribution is 7.89. The summed E-state index contributed by atoms with van der Waals surface area (Å²) in [5.74, 6) is 0.546. The van der Waals surface area contributed by atoms with E-state index in [-0.39, 0.29) is 10.5 Å². The van der Waals surface area contributed by atoms with Crippen molar-refractivity contribution in [2.24, 2.45) is 5.92 Å². The Hall–Kier alpha value is -2.09. The van der Waals surface area contributed by atoms with Gasteiger partial charge in [0.2, 0.25) is 10.0 Å². The minimum atomic E-state index is -3.63. The van der Waals surface area contributed by atoms with Crippen LogP contribution < -0.4 is 10.1 Å². The Labute approximate surface area is 170 Å². The maximum absolute atomic E-state index is 12.9. The van der Waals surface area contributed by atoms with Crippen molar-refractivity contribution >= 4 is 33.2 Å². The van der Waals surface area contributed by atoms with E-state index in [9.17, 15) is 13.2 Å². The number of ether oxygens (including phenoxy) is 1. The van der Waals surface area contributed by atoms with E-state index in [1.807, 2.05) is 0 Å². The summed E-state index contributed by atoms with van der Waals surface area (Å²) in [7, 11) is -2.13. The highest BCUT2D eigenvalue weighted by Gasteiger charge is 2.28. The summed E-state index contributed by atoms with van der Waals surface area (Å²) in [6.45, 7) is 3.12. The third-order valence-corrected chi connectivity index (χ3v) is 7.02.